The van der Waals surface area contributed by atoms with Crippen molar-refractivity contribution in [2.45, 2.75) is 33.2 Å². The molecule has 3 aromatic rings. The van der Waals surface area contributed by atoms with E-state index in [1.165, 1.54) is 11.1 Å². The highest BCUT2D eigenvalue weighted by atomic mass is 15.2. The van der Waals surface area contributed by atoms with Crippen molar-refractivity contribution >= 4 is 17.5 Å². The Hall–Kier alpha value is -2.88. The summed E-state index contributed by atoms with van der Waals surface area (Å²) in [7, 11) is 2.06. The second-order valence-corrected chi connectivity index (χ2v) is 6.90. The fraction of sp³-hybridized carbons (Fsp3) is 0.273. The number of hydrogen-bond acceptors (Lipinski definition) is 4. The normalized spacial score (nSPS) is 10.8. The predicted octanol–water partition coefficient (Wildman–Crippen LogP) is 5.29. The van der Waals surface area contributed by atoms with Gasteiger partial charge in [0, 0.05) is 31.0 Å². The molecule has 26 heavy (non-hydrogen) atoms. The molecule has 1 aromatic heterocycles. The van der Waals surface area contributed by atoms with Crippen LogP contribution in [-0.4, -0.2) is 17.0 Å². The molecule has 0 radical (unpaired) electrons. The van der Waals surface area contributed by atoms with Crippen molar-refractivity contribution in [3.63, 3.8) is 0 Å². The summed E-state index contributed by atoms with van der Waals surface area (Å²) in [6.45, 7) is 7.19. The Morgan fingerprint density at radius 3 is 2.38 bits per heavy atom. The minimum Gasteiger partial charge on any atom is -0.355 e. The van der Waals surface area contributed by atoms with Gasteiger partial charge in [-0.2, -0.15) is 4.98 Å². The Kier molecular flexibility index (Phi) is 5.52. The molecular weight excluding hydrogens is 320 g/mol. The van der Waals surface area contributed by atoms with Crippen LogP contribution in [0.3, 0.4) is 0 Å². The van der Waals surface area contributed by atoms with Crippen LogP contribution in [0, 0.1) is 6.92 Å². The lowest BCUT2D eigenvalue weighted by atomic mass is 10.0. The molecule has 2 aromatic carbocycles. The summed E-state index contributed by atoms with van der Waals surface area (Å²) in [6.07, 6.45) is 0. The summed E-state index contributed by atoms with van der Waals surface area (Å²) >= 11 is 0. The molecule has 4 nitrogen and oxygen atoms in total. The number of rotatable bonds is 6. The molecule has 0 aliphatic rings. The molecule has 0 spiro atoms. The quantitative estimate of drug-likeness (QED) is 0.658. The van der Waals surface area contributed by atoms with Crippen LogP contribution < -0.4 is 10.2 Å². The van der Waals surface area contributed by atoms with Gasteiger partial charge in [0.05, 0.1) is 0 Å². The minimum atomic E-state index is 0.434. The SMILES string of the molecule is Cc1cc(N(C)Cc2ccccc2)nc(Nc2ccccc2C(C)C)n1. The summed E-state index contributed by atoms with van der Waals surface area (Å²) in [5.74, 6) is 1.97. The van der Waals surface area contributed by atoms with Crippen molar-refractivity contribution in [1.82, 2.24) is 9.97 Å². The number of para-hydroxylation sites is 1. The van der Waals surface area contributed by atoms with Crippen LogP contribution in [-0.2, 0) is 6.54 Å². The van der Waals surface area contributed by atoms with Gasteiger partial charge >= 0.3 is 0 Å². The van der Waals surface area contributed by atoms with Gasteiger partial charge in [0.1, 0.15) is 5.82 Å². The van der Waals surface area contributed by atoms with E-state index in [-0.39, 0.29) is 0 Å². The van der Waals surface area contributed by atoms with E-state index < -0.39 is 0 Å². The highest BCUT2D eigenvalue weighted by molar-refractivity contribution is 5.60. The van der Waals surface area contributed by atoms with Crippen molar-refractivity contribution in [2.75, 3.05) is 17.3 Å². The first-order valence-electron chi connectivity index (χ1n) is 8.99. The molecule has 0 saturated heterocycles. The van der Waals surface area contributed by atoms with Crippen LogP contribution in [0.1, 0.15) is 36.6 Å². The first-order chi connectivity index (χ1) is 12.5. The van der Waals surface area contributed by atoms with Crippen LogP contribution >= 0.6 is 0 Å². The van der Waals surface area contributed by atoms with Crippen LogP contribution in [0.5, 0.6) is 0 Å². The molecule has 0 unspecified atom stereocenters. The van der Waals surface area contributed by atoms with Gasteiger partial charge in [-0.15, -0.1) is 0 Å². The smallest absolute Gasteiger partial charge is 0.229 e. The van der Waals surface area contributed by atoms with Gasteiger partial charge in [-0.3, -0.25) is 0 Å². The van der Waals surface area contributed by atoms with Gasteiger partial charge in [-0.05, 0) is 30.0 Å². The molecule has 0 bridgehead atoms. The van der Waals surface area contributed by atoms with Gasteiger partial charge in [-0.25, -0.2) is 4.98 Å². The van der Waals surface area contributed by atoms with E-state index in [2.05, 4.69) is 78.6 Å². The van der Waals surface area contributed by atoms with Crippen molar-refractivity contribution in [2.24, 2.45) is 0 Å². The monoisotopic (exact) mass is 346 g/mol. The number of aryl methyl sites for hydroxylation is 1. The molecule has 1 heterocycles. The summed E-state index contributed by atoms with van der Waals surface area (Å²) in [4.78, 5) is 11.4. The zero-order valence-electron chi connectivity index (χ0n) is 15.9. The molecule has 0 aliphatic heterocycles. The molecule has 0 aliphatic carbocycles. The van der Waals surface area contributed by atoms with E-state index in [4.69, 9.17) is 4.98 Å². The maximum absolute atomic E-state index is 4.73. The largest absolute Gasteiger partial charge is 0.355 e. The fourth-order valence-corrected chi connectivity index (χ4v) is 2.98. The molecule has 3 rings (SSSR count). The Bertz CT molecular complexity index is 859. The maximum atomic E-state index is 4.73. The molecule has 0 fully saturated rings. The minimum absolute atomic E-state index is 0.434. The standard InChI is InChI=1S/C22H26N4/c1-16(2)19-12-8-9-13-20(19)24-22-23-17(3)14-21(25-22)26(4)15-18-10-6-5-7-11-18/h5-14,16H,15H2,1-4H3,(H,23,24,25). The van der Waals surface area contributed by atoms with Crippen molar-refractivity contribution in [1.29, 1.82) is 0 Å². The second kappa shape index (κ2) is 8.00. The Morgan fingerprint density at radius 2 is 1.65 bits per heavy atom. The highest BCUT2D eigenvalue weighted by Crippen LogP contribution is 2.26. The number of aromatic nitrogens is 2. The summed E-state index contributed by atoms with van der Waals surface area (Å²) in [5.41, 5.74) is 4.52. The molecule has 134 valence electrons. The van der Waals surface area contributed by atoms with E-state index >= 15 is 0 Å². The summed E-state index contributed by atoms with van der Waals surface area (Å²) in [6, 6.07) is 20.7. The number of hydrogen-bond donors (Lipinski definition) is 1. The molecule has 1 N–H and O–H groups in total. The lowest BCUT2D eigenvalue weighted by Gasteiger charge is -2.20. The number of nitrogens with zero attached hydrogens (tertiary/aromatic N) is 3. The van der Waals surface area contributed by atoms with Crippen LogP contribution in [0.15, 0.2) is 60.7 Å². The Balaban J connectivity index is 1.84. The lowest BCUT2D eigenvalue weighted by Crippen LogP contribution is -2.18. The molecule has 4 heteroatoms. The average Bonchev–Trinajstić information content (AvgIpc) is 2.62. The van der Waals surface area contributed by atoms with Crippen molar-refractivity contribution in [3.05, 3.63) is 77.5 Å². The van der Waals surface area contributed by atoms with E-state index in [0.29, 0.717) is 11.9 Å². The Labute approximate surface area is 155 Å². The third kappa shape index (κ3) is 4.39. The predicted molar refractivity (Wildman–Crippen MR) is 109 cm³/mol. The van der Waals surface area contributed by atoms with Crippen LogP contribution in [0.2, 0.25) is 0 Å². The molecule has 0 saturated carbocycles. The average molecular weight is 346 g/mol. The van der Waals surface area contributed by atoms with Gasteiger partial charge in [0.2, 0.25) is 5.95 Å². The molecule has 0 amide bonds. The topological polar surface area (TPSA) is 41.1 Å². The third-order valence-electron chi connectivity index (χ3n) is 4.32. The zero-order valence-corrected chi connectivity index (χ0v) is 15.9. The molecular formula is C22H26N4. The second-order valence-electron chi connectivity index (χ2n) is 6.90. The highest BCUT2D eigenvalue weighted by Gasteiger charge is 2.10. The van der Waals surface area contributed by atoms with Crippen molar-refractivity contribution in [3.8, 4) is 0 Å². The van der Waals surface area contributed by atoms with E-state index in [1.807, 2.05) is 25.1 Å². The van der Waals surface area contributed by atoms with E-state index in [1.54, 1.807) is 0 Å². The first-order valence-corrected chi connectivity index (χ1v) is 8.99. The van der Waals surface area contributed by atoms with Crippen LogP contribution in [0.25, 0.3) is 0 Å². The van der Waals surface area contributed by atoms with E-state index in [9.17, 15) is 0 Å². The van der Waals surface area contributed by atoms with Crippen LogP contribution in [0.4, 0.5) is 17.5 Å². The zero-order chi connectivity index (χ0) is 18.5. The van der Waals surface area contributed by atoms with Crippen molar-refractivity contribution < 1.29 is 0 Å². The van der Waals surface area contributed by atoms with Gasteiger partial charge in [0.15, 0.2) is 0 Å². The van der Waals surface area contributed by atoms with Gasteiger partial charge in [0.25, 0.3) is 0 Å². The number of nitrogens with one attached hydrogen (secondary N) is 1. The van der Waals surface area contributed by atoms with E-state index in [0.717, 1.165) is 23.7 Å². The molecule has 0 atom stereocenters. The summed E-state index contributed by atoms with van der Waals surface area (Å²) < 4.78 is 0. The first kappa shape index (κ1) is 17.9. The fourth-order valence-electron chi connectivity index (χ4n) is 2.98. The van der Waals surface area contributed by atoms with Gasteiger partial charge in [-0.1, -0.05) is 62.4 Å². The van der Waals surface area contributed by atoms with Gasteiger partial charge < -0.3 is 10.2 Å². The Morgan fingerprint density at radius 1 is 0.962 bits per heavy atom. The number of anilines is 3. The number of benzene rings is 2. The summed E-state index contributed by atoms with van der Waals surface area (Å²) in [5, 5.41) is 3.40. The lowest BCUT2D eigenvalue weighted by molar-refractivity contribution is 0.866. The third-order valence-corrected chi connectivity index (χ3v) is 4.32. The maximum Gasteiger partial charge on any atom is 0.229 e.